The maximum Gasteiger partial charge on any atom is 0.272 e. The van der Waals surface area contributed by atoms with Crippen molar-refractivity contribution in [1.29, 1.82) is 0 Å². The van der Waals surface area contributed by atoms with Gasteiger partial charge in [-0.25, -0.2) is 13.6 Å². The maximum atomic E-state index is 12.3. The van der Waals surface area contributed by atoms with Crippen molar-refractivity contribution in [2.24, 2.45) is 10.1 Å². The third-order valence-electron chi connectivity index (χ3n) is 3.94. The number of nitrogens with zero attached hydrogens (tertiary/aromatic N) is 3. The van der Waals surface area contributed by atoms with E-state index in [1.807, 2.05) is 0 Å². The lowest BCUT2D eigenvalue weighted by atomic mass is 10.2. The Hall–Kier alpha value is -3.59. The van der Waals surface area contributed by atoms with Crippen LogP contribution >= 0.6 is 11.3 Å². The highest BCUT2D eigenvalue weighted by atomic mass is 32.2. The monoisotopic (exact) mass is 442 g/mol. The van der Waals surface area contributed by atoms with Crippen molar-refractivity contribution in [1.82, 2.24) is 4.57 Å². The van der Waals surface area contributed by atoms with Crippen molar-refractivity contribution in [2.75, 3.05) is 0 Å². The molecule has 3 aromatic rings. The Morgan fingerprint density at radius 1 is 1.33 bits per heavy atom. The average Bonchev–Trinajstić information content (AvgIpc) is 3.02. The minimum absolute atomic E-state index is 0.0625. The zero-order chi connectivity index (χ0) is 21.9. The summed E-state index contributed by atoms with van der Waals surface area (Å²) >= 11 is 1.09. The number of nitrogens with two attached hydrogens (primary N) is 1. The van der Waals surface area contributed by atoms with Crippen LogP contribution in [0.25, 0.3) is 16.3 Å². The summed E-state index contributed by atoms with van der Waals surface area (Å²) in [6.07, 6.45) is 8.00. The van der Waals surface area contributed by atoms with Crippen molar-refractivity contribution >= 4 is 49.2 Å². The van der Waals surface area contributed by atoms with Crippen LogP contribution in [0.3, 0.4) is 0 Å². The Morgan fingerprint density at radius 3 is 2.77 bits per heavy atom. The first kappa shape index (κ1) is 21.1. The first-order valence-corrected chi connectivity index (χ1v) is 10.7. The maximum absolute atomic E-state index is 12.3. The zero-order valence-electron chi connectivity index (χ0n) is 15.3. The molecule has 0 unspecified atom stereocenters. The summed E-state index contributed by atoms with van der Waals surface area (Å²) < 4.78 is 25.3. The molecule has 0 aliphatic heterocycles. The van der Waals surface area contributed by atoms with Crippen molar-refractivity contribution in [3.05, 3.63) is 69.0 Å². The van der Waals surface area contributed by atoms with E-state index in [1.165, 1.54) is 42.5 Å². The molecule has 0 radical (unpaired) electrons. The highest BCUT2D eigenvalue weighted by Crippen LogP contribution is 2.21. The van der Waals surface area contributed by atoms with Gasteiger partial charge >= 0.3 is 0 Å². The zero-order valence-corrected chi connectivity index (χ0v) is 16.9. The summed E-state index contributed by atoms with van der Waals surface area (Å²) in [5.41, 5.74) is 0.988. The second kappa shape index (κ2) is 8.42. The molecule has 3 rings (SSSR count). The number of carbonyl (C=O) groups is 1. The van der Waals surface area contributed by atoms with Crippen LogP contribution in [0.15, 0.2) is 58.4 Å². The second-order valence-corrected chi connectivity index (χ2v) is 8.56. The van der Waals surface area contributed by atoms with E-state index in [-0.39, 0.29) is 21.9 Å². The Kier molecular flexibility index (Phi) is 5.93. The number of thiazole rings is 1. The standard InChI is InChI=1S/C19H14N4O5S2/c1-2-10-22-16-8-7-15(30(20,27)28)12-17(16)29-19(22)21-18(24)9-6-13-4-3-5-14(11-13)23(25)26/h1,3-9,11-12H,10H2,(H2,20,27,28)/b9-6+,21-19?. The number of hydrogen-bond donors (Lipinski definition) is 1. The number of non-ortho nitro benzene ring substituents is 1. The summed E-state index contributed by atoms with van der Waals surface area (Å²) in [4.78, 5) is 26.9. The van der Waals surface area contributed by atoms with Crippen molar-refractivity contribution < 1.29 is 18.1 Å². The summed E-state index contributed by atoms with van der Waals surface area (Å²) in [5, 5.41) is 16.0. The number of nitro benzene ring substituents is 1. The van der Waals surface area contributed by atoms with Crippen molar-refractivity contribution in [3.63, 3.8) is 0 Å². The SMILES string of the molecule is C#CCn1c(=NC(=O)/C=C/c2cccc([N+](=O)[O-])c2)sc2cc(S(N)(=O)=O)ccc21. The smallest absolute Gasteiger partial charge is 0.272 e. The van der Waals surface area contributed by atoms with Gasteiger partial charge in [-0.05, 0) is 29.8 Å². The number of nitro groups is 1. The normalized spacial score (nSPS) is 12.3. The van der Waals surface area contributed by atoms with E-state index in [0.29, 0.717) is 15.8 Å². The molecule has 1 amide bonds. The predicted molar refractivity (Wildman–Crippen MR) is 113 cm³/mol. The van der Waals surface area contributed by atoms with Crippen LogP contribution in [0.2, 0.25) is 0 Å². The summed E-state index contributed by atoms with van der Waals surface area (Å²) in [6.45, 7) is 0.120. The van der Waals surface area contributed by atoms with Gasteiger partial charge in [-0.1, -0.05) is 29.4 Å². The van der Waals surface area contributed by atoms with Gasteiger partial charge in [0.15, 0.2) is 4.80 Å². The molecule has 1 aromatic heterocycles. The molecule has 0 aliphatic rings. The highest BCUT2D eigenvalue weighted by Gasteiger charge is 2.12. The molecular weight excluding hydrogens is 428 g/mol. The minimum Gasteiger partial charge on any atom is -0.305 e. The number of amides is 1. The molecule has 0 fully saturated rings. The lowest BCUT2D eigenvalue weighted by molar-refractivity contribution is -0.384. The summed E-state index contributed by atoms with van der Waals surface area (Å²) in [6, 6.07) is 10.1. The van der Waals surface area contributed by atoms with Crippen LogP contribution in [0.5, 0.6) is 0 Å². The van der Waals surface area contributed by atoms with Crippen LogP contribution in [-0.2, 0) is 21.4 Å². The van der Waals surface area contributed by atoms with Gasteiger partial charge in [0.25, 0.3) is 11.6 Å². The molecular formula is C19H14N4O5S2. The third-order valence-corrected chi connectivity index (χ3v) is 5.89. The Morgan fingerprint density at radius 2 is 2.10 bits per heavy atom. The number of terminal acetylenes is 1. The van der Waals surface area contributed by atoms with E-state index in [9.17, 15) is 23.3 Å². The molecule has 2 aromatic carbocycles. The van der Waals surface area contributed by atoms with Crippen molar-refractivity contribution in [2.45, 2.75) is 11.4 Å². The van der Waals surface area contributed by atoms with Gasteiger partial charge in [-0.15, -0.1) is 6.42 Å². The van der Waals surface area contributed by atoms with E-state index in [2.05, 4.69) is 10.9 Å². The first-order valence-electron chi connectivity index (χ1n) is 8.30. The number of rotatable bonds is 5. The van der Waals surface area contributed by atoms with Crippen LogP contribution in [-0.4, -0.2) is 23.8 Å². The topological polar surface area (TPSA) is 138 Å². The van der Waals surface area contributed by atoms with Gasteiger partial charge < -0.3 is 4.57 Å². The number of hydrogen-bond acceptors (Lipinski definition) is 6. The molecule has 0 atom stereocenters. The Balaban J connectivity index is 2.01. The Bertz CT molecular complexity index is 1410. The lowest BCUT2D eigenvalue weighted by Crippen LogP contribution is -2.16. The van der Waals surface area contributed by atoms with Crippen LogP contribution in [0, 0.1) is 22.5 Å². The van der Waals surface area contributed by atoms with Gasteiger partial charge in [-0.3, -0.25) is 14.9 Å². The molecule has 0 saturated carbocycles. The molecule has 0 bridgehead atoms. The fraction of sp³-hybridized carbons (Fsp3) is 0.0526. The molecule has 2 N–H and O–H groups in total. The minimum atomic E-state index is -3.88. The molecule has 11 heteroatoms. The lowest BCUT2D eigenvalue weighted by Gasteiger charge is -2.01. The van der Waals surface area contributed by atoms with Gasteiger partial charge in [0.1, 0.15) is 0 Å². The number of fused-ring (bicyclic) bond motifs is 1. The van der Waals surface area contributed by atoms with Gasteiger partial charge in [0.2, 0.25) is 10.0 Å². The van der Waals surface area contributed by atoms with Gasteiger partial charge in [-0.2, -0.15) is 4.99 Å². The van der Waals surface area contributed by atoms with E-state index >= 15 is 0 Å². The quantitative estimate of drug-likeness (QED) is 0.279. The molecule has 0 spiro atoms. The van der Waals surface area contributed by atoms with Gasteiger partial charge in [0, 0.05) is 18.2 Å². The number of benzene rings is 2. The molecule has 0 saturated heterocycles. The summed E-state index contributed by atoms with van der Waals surface area (Å²) in [7, 11) is -3.88. The molecule has 1 heterocycles. The Labute approximate surface area is 175 Å². The van der Waals surface area contributed by atoms with Crippen LogP contribution in [0.4, 0.5) is 5.69 Å². The van der Waals surface area contributed by atoms with Gasteiger partial charge in [0.05, 0.1) is 26.6 Å². The largest absolute Gasteiger partial charge is 0.305 e. The summed E-state index contributed by atoms with van der Waals surface area (Å²) in [5.74, 6) is 1.86. The highest BCUT2D eigenvalue weighted by molar-refractivity contribution is 7.89. The van der Waals surface area contributed by atoms with Crippen LogP contribution < -0.4 is 9.94 Å². The number of carbonyl (C=O) groups excluding carboxylic acids is 1. The van der Waals surface area contributed by atoms with Crippen LogP contribution in [0.1, 0.15) is 5.56 Å². The predicted octanol–water partition coefficient (Wildman–Crippen LogP) is 2.03. The number of primary sulfonamides is 1. The fourth-order valence-electron chi connectivity index (χ4n) is 2.60. The van der Waals surface area contributed by atoms with E-state index in [1.54, 1.807) is 16.7 Å². The molecule has 0 aliphatic carbocycles. The third kappa shape index (κ3) is 4.69. The van der Waals surface area contributed by atoms with E-state index < -0.39 is 20.9 Å². The van der Waals surface area contributed by atoms with Crippen molar-refractivity contribution in [3.8, 4) is 12.3 Å². The number of aromatic nitrogens is 1. The fourth-order valence-corrected chi connectivity index (χ4v) is 4.29. The number of sulfonamides is 1. The van der Waals surface area contributed by atoms with E-state index in [0.717, 1.165) is 11.3 Å². The average molecular weight is 442 g/mol. The first-order chi connectivity index (χ1) is 14.2. The molecule has 30 heavy (non-hydrogen) atoms. The molecule has 152 valence electrons. The second-order valence-electron chi connectivity index (χ2n) is 5.98. The van der Waals surface area contributed by atoms with E-state index in [4.69, 9.17) is 11.6 Å². The molecule has 9 nitrogen and oxygen atoms in total.